The minimum absolute atomic E-state index is 0.0984. The molecule has 0 saturated carbocycles. The molecular formula is C9H8O3. The number of rotatable bonds is 1. The van der Waals surface area contributed by atoms with E-state index in [1.165, 1.54) is 6.08 Å². The Bertz CT molecular complexity index is 334. The van der Waals surface area contributed by atoms with E-state index in [9.17, 15) is 9.59 Å². The molecule has 0 bridgehead atoms. The number of carbonyl (C=O) groups excluding carboxylic acids is 1. The van der Waals surface area contributed by atoms with Crippen molar-refractivity contribution in [3.63, 3.8) is 0 Å². The zero-order chi connectivity index (χ0) is 8.72. The summed E-state index contributed by atoms with van der Waals surface area (Å²) in [6.45, 7) is 0. The summed E-state index contributed by atoms with van der Waals surface area (Å²) in [5.41, 5.74) is 1.85. The van der Waals surface area contributed by atoms with Crippen LogP contribution in [0.15, 0.2) is 22.8 Å². The molecule has 0 aromatic carbocycles. The van der Waals surface area contributed by atoms with Crippen LogP contribution in [0.1, 0.15) is 19.3 Å². The molecule has 62 valence electrons. The van der Waals surface area contributed by atoms with Gasteiger partial charge in [0.25, 0.3) is 0 Å². The summed E-state index contributed by atoms with van der Waals surface area (Å²) in [5, 5.41) is 8.73. The average molecular weight is 164 g/mol. The number of carbonyl (C=O) groups is 2. The molecule has 12 heavy (non-hydrogen) atoms. The van der Waals surface area contributed by atoms with E-state index in [0.29, 0.717) is 5.57 Å². The van der Waals surface area contributed by atoms with Crippen LogP contribution in [-0.4, -0.2) is 16.9 Å². The molecule has 0 fully saturated rings. The SMILES string of the molecule is O=C(O)C1=CCC(=O)C2=C1CC2. The van der Waals surface area contributed by atoms with Crippen LogP contribution < -0.4 is 0 Å². The van der Waals surface area contributed by atoms with E-state index in [1.54, 1.807) is 0 Å². The number of aliphatic carboxylic acids is 1. The van der Waals surface area contributed by atoms with E-state index >= 15 is 0 Å². The molecule has 3 heteroatoms. The molecule has 0 aliphatic heterocycles. The first-order valence-corrected chi connectivity index (χ1v) is 3.89. The second kappa shape index (κ2) is 2.30. The number of carboxylic acid groups (broad SMARTS) is 1. The van der Waals surface area contributed by atoms with Gasteiger partial charge in [-0.2, -0.15) is 0 Å². The quantitative estimate of drug-likeness (QED) is 0.630. The van der Waals surface area contributed by atoms with Gasteiger partial charge in [0.05, 0.1) is 5.57 Å². The van der Waals surface area contributed by atoms with Gasteiger partial charge in [0.1, 0.15) is 0 Å². The van der Waals surface area contributed by atoms with Crippen molar-refractivity contribution in [3.05, 3.63) is 22.8 Å². The lowest BCUT2D eigenvalue weighted by Gasteiger charge is -2.26. The molecule has 0 atom stereocenters. The highest BCUT2D eigenvalue weighted by Gasteiger charge is 2.31. The zero-order valence-corrected chi connectivity index (χ0v) is 6.46. The molecule has 0 unspecified atom stereocenters. The Hall–Kier alpha value is -1.38. The van der Waals surface area contributed by atoms with Gasteiger partial charge in [-0.05, 0) is 24.0 Å². The van der Waals surface area contributed by atoms with Crippen molar-refractivity contribution in [1.82, 2.24) is 0 Å². The Morgan fingerprint density at radius 1 is 1.33 bits per heavy atom. The number of ketones is 1. The summed E-state index contributed by atoms with van der Waals surface area (Å²) in [5.74, 6) is -0.809. The Kier molecular flexibility index (Phi) is 1.40. The normalized spacial score (nSPS) is 21.3. The molecule has 0 amide bonds. The molecule has 0 heterocycles. The Morgan fingerprint density at radius 3 is 2.50 bits per heavy atom. The smallest absolute Gasteiger partial charge is 0.335 e. The summed E-state index contributed by atoms with van der Waals surface area (Å²) >= 11 is 0. The predicted octanol–water partition coefficient (Wildman–Crippen LogP) is 1.06. The zero-order valence-electron chi connectivity index (χ0n) is 6.46. The molecule has 0 spiro atoms. The summed E-state index contributed by atoms with van der Waals surface area (Å²) in [4.78, 5) is 21.8. The molecule has 2 aliphatic rings. The van der Waals surface area contributed by atoms with Gasteiger partial charge < -0.3 is 5.11 Å². The van der Waals surface area contributed by atoms with Crippen LogP contribution in [0.25, 0.3) is 0 Å². The lowest BCUT2D eigenvalue weighted by atomic mass is 9.77. The van der Waals surface area contributed by atoms with Crippen LogP contribution in [0.2, 0.25) is 0 Å². The average Bonchev–Trinajstić information content (AvgIpc) is 1.92. The fourth-order valence-electron chi connectivity index (χ4n) is 1.64. The highest BCUT2D eigenvalue weighted by molar-refractivity contribution is 6.06. The summed E-state index contributed by atoms with van der Waals surface area (Å²) < 4.78 is 0. The first-order valence-electron chi connectivity index (χ1n) is 3.89. The second-order valence-corrected chi connectivity index (χ2v) is 3.01. The van der Waals surface area contributed by atoms with Gasteiger partial charge in [-0.15, -0.1) is 0 Å². The Balaban J connectivity index is 2.41. The van der Waals surface area contributed by atoms with Gasteiger partial charge in [0.15, 0.2) is 5.78 Å². The summed E-state index contributed by atoms with van der Waals surface area (Å²) in [6.07, 6.45) is 3.29. The molecule has 2 rings (SSSR count). The highest BCUT2D eigenvalue weighted by Crippen LogP contribution is 2.37. The summed E-state index contributed by atoms with van der Waals surface area (Å²) in [7, 11) is 0. The maximum atomic E-state index is 11.1. The molecule has 3 nitrogen and oxygen atoms in total. The van der Waals surface area contributed by atoms with E-state index in [1.807, 2.05) is 0 Å². The van der Waals surface area contributed by atoms with Crippen molar-refractivity contribution in [2.45, 2.75) is 19.3 Å². The van der Waals surface area contributed by atoms with E-state index < -0.39 is 5.97 Å². The fraction of sp³-hybridized carbons (Fsp3) is 0.333. The van der Waals surface area contributed by atoms with Crippen LogP contribution in [0.4, 0.5) is 0 Å². The number of Topliss-reactive ketones (excluding diaryl/α,β-unsaturated/α-hetero) is 1. The van der Waals surface area contributed by atoms with Crippen molar-refractivity contribution >= 4 is 11.8 Å². The monoisotopic (exact) mass is 164 g/mol. The largest absolute Gasteiger partial charge is 0.478 e. The van der Waals surface area contributed by atoms with E-state index in [0.717, 1.165) is 24.0 Å². The number of allylic oxidation sites excluding steroid dienone is 2. The molecular weight excluding hydrogens is 156 g/mol. The maximum Gasteiger partial charge on any atom is 0.335 e. The van der Waals surface area contributed by atoms with Crippen molar-refractivity contribution in [1.29, 1.82) is 0 Å². The first-order chi connectivity index (χ1) is 5.70. The van der Waals surface area contributed by atoms with E-state index in [-0.39, 0.29) is 12.2 Å². The lowest BCUT2D eigenvalue weighted by molar-refractivity contribution is -0.132. The fourth-order valence-corrected chi connectivity index (χ4v) is 1.64. The van der Waals surface area contributed by atoms with Gasteiger partial charge in [0, 0.05) is 6.42 Å². The third-order valence-corrected chi connectivity index (χ3v) is 2.37. The van der Waals surface area contributed by atoms with Crippen molar-refractivity contribution in [3.8, 4) is 0 Å². The van der Waals surface area contributed by atoms with Gasteiger partial charge in [-0.25, -0.2) is 4.79 Å². The standard InChI is InChI=1S/C9H8O3/c10-8-4-3-7(9(11)12)5-1-2-6(5)8/h3H,1-2,4H2,(H,11,12). The van der Waals surface area contributed by atoms with Gasteiger partial charge >= 0.3 is 5.97 Å². The van der Waals surface area contributed by atoms with Crippen LogP contribution in [0.5, 0.6) is 0 Å². The highest BCUT2D eigenvalue weighted by atomic mass is 16.4. The van der Waals surface area contributed by atoms with Crippen LogP contribution in [0.3, 0.4) is 0 Å². The summed E-state index contributed by atoms with van der Waals surface area (Å²) in [6, 6.07) is 0. The predicted molar refractivity (Wildman–Crippen MR) is 41.6 cm³/mol. The van der Waals surface area contributed by atoms with Crippen molar-refractivity contribution in [2.75, 3.05) is 0 Å². The number of carboxylic acids is 1. The lowest BCUT2D eigenvalue weighted by Crippen LogP contribution is -2.22. The van der Waals surface area contributed by atoms with Gasteiger partial charge in [0.2, 0.25) is 0 Å². The van der Waals surface area contributed by atoms with Crippen LogP contribution >= 0.6 is 0 Å². The number of hydrogen-bond donors (Lipinski definition) is 1. The van der Waals surface area contributed by atoms with E-state index in [2.05, 4.69) is 0 Å². The van der Waals surface area contributed by atoms with Gasteiger partial charge in [-0.3, -0.25) is 4.79 Å². The van der Waals surface area contributed by atoms with Gasteiger partial charge in [-0.1, -0.05) is 6.08 Å². The second-order valence-electron chi connectivity index (χ2n) is 3.01. The minimum Gasteiger partial charge on any atom is -0.478 e. The first kappa shape index (κ1) is 7.28. The number of hydrogen-bond acceptors (Lipinski definition) is 2. The van der Waals surface area contributed by atoms with Crippen LogP contribution in [0, 0.1) is 0 Å². The minimum atomic E-state index is -0.908. The molecule has 0 saturated heterocycles. The molecule has 1 N–H and O–H groups in total. The third-order valence-electron chi connectivity index (χ3n) is 2.37. The Morgan fingerprint density at radius 2 is 2.00 bits per heavy atom. The third kappa shape index (κ3) is 0.826. The van der Waals surface area contributed by atoms with Crippen LogP contribution in [-0.2, 0) is 9.59 Å². The molecule has 0 aromatic rings. The molecule has 2 aliphatic carbocycles. The topological polar surface area (TPSA) is 54.4 Å². The molecule has 0 aromatic heterocycles. The van der Waals surface area contributed by atoms with E-state index in [4.69, 9.17) is 5.11 Å². The van der Waals surface area contributed by atoms with Crippen molar-refractivity contribution in [2.24, 2.45) is 0 Å². The maximum absolute atomic E-state index is 11.1. The Labute approximate surface area is 69.4 Å². The van der Waals surface area contributed by atoms with Crippen molar-refractivity contribution < 1.29 is 14.7 Å². The molecule has 0 radical (unpaired) electrons.